The Labute approximate surface area is 336 Å². The molecule has 14 nitrogen and oxygen atoms in total. The van der Waals surface area contributed by atoms with Crippen LogP contribution in [0.1, 0.15) is 80.3 Å². The van der Waals surface area contributed by atoms with Crippen molar-refractivity contribution in [2.45, 2.75) is 69.2 Å². The van der Waals surface area contributed by atoms with E-state index in [2.05, 4.69) is 69.1 Å². The minimum Gasteiger partial charge on any atom is -0.453 e. The Morgan fingerprint density at radius 2 is 1.24 bits per heavy atom. The molecule has 0 radical (unpaired) electrons. The number of methoxy groups -OCH3 is 1. The molecular weight excluding hydrogens is 737 g/mol. The first kappa shape index (κ1) is 38.4. The Bertz CT molecular complexity index is 2240. The topological polar surface area (TPSA) is 175 Å². The summed E-state index contributed by atoms with van der Waals surface area (Å²) in [5, 5.41) is 5.31. The van der Waals surface area contributed by atoms with Crippen LogP contribution in [0.4, 0.5) is 9.59 Å². The second-order valence-electron chi connectivity index (χ2n) is 15.1. The molecule has 5 atom stereocenters. The Kier molecular flexibility index (Phi) is 11.2. The van der Waals surface area contributed by atoms with Gasteiger partial charge in [0.05, 0.1) is 48.9 Å². The van der Waals surface area contributed by atoms with E-state index in [1.54, 1.807) is 23.2 Å². The second kappa shape index (κ2) is 17.0. The highest BCUT2D eigenvalue weighted by Crippen LogP contribution is 2.38. The Hall–Kier alpha value is -6.44. The molecule has 4 heterocycles. The van der Waals surface area contributed by atoms with Crippen LogP contribution in [0.15, 0.2) is 91.3 Å². The maximum Gasteiger partial charge on any atom is 0.408 e. The Morgan fingerprint density at radius 3 is 1.81 bits per heavy atom. The van der Waals surface area contributed by atoms with Gasteiger partial charge in [-0.25, -0.2) is 19.6 Å². The van der Waals surface area contributed by atoms with Crippen molar-refractivity contribution in [1.82, 2.24) is 40.4 Å². The van der Waals surface area contributed by atoms with Crippen molar-refractivity contribution >= 4 is 24.0 Å². The van der Waals surface area contributed by atoms with Gasteiger partial charge in [-0.2, -0.15) is 0 Å². The van der Waals surface area contributed by atoms with Crippen LogP contribution in [-0.4, -0.2) is 87.0 Å². The van der Waals surface area contributed by atoms with Gasteiger partial charge in [-0.15, -0.1) is 0 Å². The Balaban J connectivity index is 0.914. The summed E-state index contributed by atoms with van der Waals surface area (Å²) in [5.41, 5.74) is 6.42. The van der Waals surface area contributed by atoms with Crippen LogP contribution >= 0.6 is 0 Å². The van der Waals surface area contributed by atoms with Gasteiger partial charge in [-0.05, 0) is 60.8 Å². The zero-order chi connectivity index (χ0) is 40.2. The third kappa shape index (κ3) is 7.91. The number of aromatic nitrogens is 4. The molecule has 4 amide bonds. The van der Waals surface area contributed by atoms with E-state index in [-0.39, 0.29) is 35.9 Å². The molecule has 0 bridgehead atoms. The van der Waals surface area contributed by atoms with Crippen molar-refractivity contribution in [2.24, 2.45) is 5.92 Å². The fourth-order valence-electron chi connectivity index (χ4n) is 8.68. The summed E-state index contributed by atoms with van der Waals surface area (Å²) in [6, 6.07) is 25.0. The number of likely N-dealkylation sites (tertiary alicyclic amines) is 2. The van der Waals surface area contributed by atoms with Crippen LogP contribution in [0.5, 0.6) is 0 Å². The lowest BCUT2D eigenvalue weighted by Gasteiger charge is -2.29. The number of hydrogen-bond acceptors (Lipinski definition) is 8. The lowest BCUT2D eigenvalue weighted by molar-refractivity contribution is -0.142. The molecule has 8 rings (SSSR count). The molecule has 2 aromatic heterocycles. The average molecular weight is 785 g/mol. The summed E-state index contributed by atoms with van der Waals surface area (Å²) in [6.45, 7) is 1.21. The molecule has 1 saturated carbocycles. The number of ether oxygens (including phenoxy) is 2. The SMILES string of the molecule is CNC(=O)O[C@@H](C(=O)N1CCC[C@H]1c1ncc(-c2ccc(-c3ccc(-c4cnc([C@@H]5CCCN5C(=O)[C@H]5CCC[C@@H]5NC(=O)OC)[nH]4)cc3)cc2)[nH]1)c1ccccc1. The number of carbonyl (C=O) groups is 4. The summed E-state index contributed by atoms with van der Waals surface area (Å²) in [5.74, 6) is 0.994. The lowest BCUT2D eigenvalue weighted by Crippen LogP contribution is -2.45. The highest BCUT2D eigenvalue weighted by molar-refractivity contribution is 5.85. The largest absolute Gasteiger partial charge is 0.453 e. The number of nitrogens with one attached hydrogen (secondary N) is 4. The Morgan fingerprint density at radius 1 is 0.690 bits per heavy atom. The van der Waals surface area contributed by atoms with Gasteiger partial charge >= 0.3 is 12.2 Å². The number of alkyl carbamates (subject to hydrolysis) is 2. The molecule has 2 aliphatic heterocycles. The predicted molar refractivity (Wildman–Crippen MR) is 216 cm³/mol. The first-order valence-electron chi connectivity index (χ1n) is 20.0. The molecule has 5 aromatic rings. The van der Waals surface area contributed by atoms with Crippen molar-refractivity contribution in [1.29, 1.82) is 0 Å². The highest BCUT2D eigenvalue weighted by Gasteiger charge is 2.41. The van der Waals surface area contributed by atoms with E-state index in [0.29, 0.717) is 24.5 Å². The fourth-order valence-corrected chi connectivity index (χ4v) is 8.68. The maximum atomic E-state index is 13.9. The monoisotopic (exact) mass is 784 g/mol. The molecule has 3 aromatic carbocycles. The standard InChI is InChI=1S/C44H48N8O6/c1-45-43(55)58-38(31-9-4-3-5-10-31)42(54)52-24-8-14-37(52)40-47-26-35(49-40)30-21-17-28(18-22-30)27-15-19-29(20-16-27)34-25-46-39(48-34)36-13-7-23-51(36)41(53)32-11-6-12-33(32)50-44(56)57-2/h3-5,9-10,15-22,25-26,32-33,36-38H,6-8,11-14,23-24H2,1-2H3,(H,45,55)(H,46,48)(H,47,49)(H,50,56)/t32-,33-,36-,37-,38+/m0/s1. The van der Waals surface area contributed by atoms with E-state index in [0.717, 1.165) is 84.4 Å². The van der Waals surface area contributed by atoms with E-state index in [4.69, 9.17) is 19.4 Å². The van der Waals surface area contributed by atoms with E-state index in [9.17, 15) is 19.2 Å². The van der Waals surface area contributed by atoms with Crippen LogP contribution in [-0.2, 0) is 19.1 Å². The number of nitrogens with zero attached hydrogens (tertiary/aromatic N) is 4. The van der Waals surface area contributed by atoms with Gasteiger partial charge in [-0.1, -0.05) is 85.3 Å². The number of hydrogen-bond donors (Lipinski definition) is 4. The van der Waals surface area contributed by atoms with Crippen LogP contribution < -0.4 is 10.6 Å². The zero-order valence-corrected chi connectivity index (χ0v) is 32.6. The second-order valence-corrected chi connectivity index (χ2v) is 15.1. The maximum absolute atomic E-state index is 13.9. The number of H-pyrrole nitrogens is 2. The summed E-state index contributed by atoms with van der Waals surface area (Å²) in [6.07, 6.45) is 7.07. The number of benzene rings is 3. The van der Waals surface area contributed by atoms with Gasteiger partial charge in [0.1, 0.15) is 11.6 Å². The third-order valence-corrected chi connectivity index (χ3v) is 11.7. The predicted octanol–water partition coefficient (Wildman–Crippen LogP) is 7.08. The summed E-state index contributed by atoms with van der Waals surface area (Å²) in [7, 11) is 2.81. The molecular formula is C44H48N8O6. The van der Waals surface area contributed by atoms with Gasteiger partial charge in [0.15, 0.2) is 0 Å². The zero-order valence-electron chi connectivity index (χ0n) is 32.6. The molecule has 3 aliphatic rings. The summed E-state index contributed by atoms with van der Waals surface area (Å²) < 4.78 is 10.3. The smallest absolute Gasteiger partial charge is 0.408 e. The number of amides is 4. The third-order valence-electron chi connectivity index (χ3n) is 11.7. The van der Waals surface area contributed by atoms with Crippen molar-refractivity contribution in [3.63, 3.8) is 0 Å². The minimum absolute atomic E-state index is 0.0679. The van der Waals surface area contributed by atoms with Crippen molar-refractivity contribution in [3.8, 4) is 33.6 Å². The molecule has 300 valence electrons. The van der Waals surface area contributed by atoms with Gasteiger partial charge in [-0.3, -0.25) is 9.59 Å². The first-order valence-corrected chi connectivity index (χ1v) is 20.0. The van der Waals surface area contributed by atoms with Crippen molar-refractivity contribution in [3.05, 3.63) is 108 Å². The van der Waals surface area contributed by atoms with Gasteiger partial charge in [0.25, 0.3) is 5.91 Å². The quantitative estimate of drug-likeness (QED) is 0.116. The van der Waals surface area contributed by atoms with Crippen LogP contribution in [0.25, 0.3) is 33.6 Å². The van der Waals surface area contributed by atoms with E-state index in [1.165, 1.54) is 14.2 Å². The van der Waals surface area contributed by atoms with E-state index in [1.807, 2.05) is 29.3 Å². The molecule has 3 fully saturated rings. The number of rotatable bonds is 10. The first-order chi connectivity index (χ1) is 28.3. The normalized spacial score (nSPS) is 20.8. The molecule has 58 heavy (non-hydrogen) atoms. The number of carbonyl (C=O) groups excluding carboxylic acids is 4. The van der Waals surface area contributed by atoms with Crippen molar-refractivity contribution < 1.29 is 28.7 Å². The van der Waals surface area contributed by atoms with E-state index >= 15 is 0 Å². The molecule has 2 saturated heterocycles. The fraction of sp³-hybridized carbons (Fsp3) is 0.364. The van der Waals surface area contributed by atoms with Gasteiger partial charge in [0.2, 0.25) is 12.0 Å². The molecule has 0 spiro atoms. The van der Waals surface area contributed by atoms with Crippen molar-refractivity contribution in [2.75, 3.05) is 27.2 Å². The van der Waals surface area contributed by atoms with Gasteiger partial charge in [0, 0.05) is 31.7 Å². The summed E-state index contributed by atoms with van der Waals surface area (Å²) in [4.78, 5) is 71.7. The number of aromatic amines is 2. The summed E-state index contributed by atoms with van der Waals surface area (Å²) >= 11 is 0. The average Bonchev–Trinajstić information content (AvgIpc) is 4.12. The minimum atomic E-state index is -1.07. The highest BCUT2D eigenvalue weighted by atomic mass is 16.6. The van der Waals surface area contributed by atoms with Crippen LogP contribution in [0, 0.1) is 5.92 Å². The molecule has 14 heteroatoms. The molecule has 0 unspecified atom stereocenters. The van der Waals surface area contributed by atoms with Crippen LogP contribution in [0.2, 0.25) is 0 Å². The lowest BCUT2D eigenvalue weighted by atomic mass is 10.0. The van der Waals surface area contributed by atoms with E-state index < -0.39 is 18.3 Å². The van der Waals surface area contributed by atoms with Crippen LogP contribution in [0.3, 0.4) is 0 Å². The van der Waals surface area contributed by atoms with Gasteiger partial charge < -0.3 is 39.9 Å². The molecule has 4 N–H and O–H groups in total. The molecule has 1 aliphatic carbocycles. The number of imidazole rings is 2.